The zero-order valence-corrected chi connectivity index (χ0v) is 38.3. The lowest BCUT2D eigenvalue weighted by atomic mass is 10.0. The fraction of sp³-hybridized carbons (Fsp3) is 0.913. The summed E-state index contributed by atoms with van der Waals surface area (Å²) < 4.78 is 34.3. The summed E-state index contributed by atoms with van der Waals surface area (Å²) in [6.45, 7) is 4.43. The predicted molar refractivity (Wildman–Crippen MR) is 234 cm³/mol. The monoisotopic (exact) mass is 817 g/mol. The lowest BCUT2D eigenvalue weighted by Crippen LogP contribution is -2.37. The Balaban J connectivity index is 4.27. The number of hydrogen-bond donors (Lipinski definition) is 1. The second-order valence-corrected chi connectivity index (χ2v) is 18.6. The van der Waals surface area contributed by atoms with E-state index in [1.165, 1.54) is 135 Å². The molecule has 0 aromatic rings. The van der Waals surface area contributed by atoms with Crippen LogP contribution < -0.4 is 0 Å². The van der Waals surface area contributed by atoms with Crippen molar-refractivity contribution in [3.8, 4) is 0 Å². The van der Waals surface area contributed by atoms with E-state index in [0.29, 0.717) is 17.4 Å². The highest BCUT2D eigenvalue weighted by Gasteiger charge is 2.27. The molecule has 0 aliphatic carbocycles. The summed E-state index contributed by atoms with van der Waals surface area (Å²) in [7, 11) is 1.48. The van der Waals surface area contributed by atoms with Gasteiger partial charge in [0.2, 0.25) is 0 Å². The number of quaternary nitrogens is 1. The van der Waals surface area contributed by atoms with Crippen LogP contribution in [0, 0.1) is 0 Å². The van der Waals surface area contributed by atoms with E-state index in [0.717, 1.165) is 51.4 Å². The molecule has 56 heavy (non-hydrogen) atoms. The van der Waals surface area contributed by atoms with E-state index in [2.05, 4.69) is 26.0 Å². The van der Waals surface area contributed by atoms with E-state index in [1.54, 1.807) is 0 Å². The fourth-order valence-corrected chi connectivity index (χ4v) is 7.34. The molecule has 0 rings (SSSR count). The fourth-order valence-electron chi connectivity index (χ4n) is 6.60. The molecule has 2 atom stereocenters. The standard InChI is InChI=1S/C46H90NO8P/c1-6-8-10-12-14-16-18-20-21-22-23-24-25-27-29-31-33-35-37-39-46(49)55-44(43-54-56(50,51)53-41-40-47(3,4)5)42-52-45(48)38-36-34-32-30-28-26-19-17-15-13-11-9-7-2/h17,19,44H,6-16,18,20-43H2,1-5H3/p+1/b19-17-/t44-/m1/s1. The van der Waals surface area contributed by atoms with Crippen LogP contribution in [0.15, 0.2) is 12.2 Å². The van der Waals surface area contributed by atoms with Gasteiger partial charge in [0.25, 0.3) is 0 Å². The van der Waals surface area contributed by atoms with Crippen LogP contribution in [0.2, 0.25) is 0 Å². The molecule has 0 fully saturated rings. The molecule has 10 heteroatoms. The minimum Gasteiger partial charge on any atom is -0.462 e. The third-order valence-electron chi connectivity index (χ3n) is 10.3. The van der Waals surface area contributed by atoms with Gasteiger partial charge in [0, 0.05) is 12.8 Å². The van der Waals surface area contributed by atoms with E-state index in [4.69, 9.17) is 18.5 Å². The van der Waals surface area contributed by atoms with Crippen molar-refractivity contribution in [1.29, 1.82) is 0 Å². The first-order valence-corrected chi connectivity index (χ1v) is 24.9. The molecule has 0 bridgehead atoms. The molecule has 1 N–H and O–H groups in total. The Morgan fingerprint density at radius 3 is 1.34 bits per heavy atom. The van der Waals surface area contributed by atoms with Crippen molar-refractivity contribution < 1.29 is 42.1 Å². The van der Waals surface area contributed by atoms with Crippen molar-refractivity contribution in [3.05, 3.63) is 12.2 Å². The molecule has 1 unspecified atom stereocenters. The summed E-state index contributed by atoms with van der Waals surface area (Å²) in [5.74, 6) is -0.797. The van der Waals surface area contributed by atoms with Crippen LogP contribution in [0.5, 0.6) is 0 Å². The van der Waals surface area contributed by atoms with Crippen molar-refractivity contribution in [3.63, 3.8) is 0 Å². The number of unbranched alkanes of at least 4 members (excludes halogenated alkanes) is 27. The van der Waals surface area contributed by atoms with Gasteiger partial charge in [0.05, 0.1) is 27.7 Å². The van der Waals surface area contributed by atoms with Gasteiger partial charge in [-0.25, -0.2) is 4.57 Å². The largest absolute Gasteiger partial charge is 0.472 e. The molecule has 9 nitrogen and oxygen atoms in total. The maximum Gasteiger partial charge on any atom is 0.472 e. The van der Waals surface area contributed by atoms with Gasteiger partial charge in [-0.05, 0) is 38.5 Å². The Kier molecular flexibility index (Phi) is 38.3. The van der Waals surface area contributed by atoms with Crippen molar-refractivity contribution in [2.75, 3.05) is 47.5 Å². The second-order valence-electron chi connectivity index (χ2n) is 17.1. The number of likely N-dealkylation sites (N-methyl/N-ethyl adjacent to an activating group) is 1. The third kappa shape index (κ3) is 42.4. The van der Waals surface area contributed by atoms with Crippen LogP contribution in [0.3, 0.4) is 0 Å². The summed E-state index contributed by atoms with van der Waals surface area (Å²) in [6, 6.07) is 0. The smallest absolute Gasteiger partial charge is 0.462 e. The van der Waals surface area contributed by atoms with E-state index in [-0.39, 0.29) is 32.0 Å². The maximum atomic E-state index is 12.7. The summed E-state index contributed by atoms with van der Waals surface area (Å²) in [5.41, 5.74) is 0. The van der Waals surface area contributed by atoms with Gasteiger partial charge in [0.15, 0.2) is 6.10 Å². The summed E-state index contributed by atoms with van der Waals surface area (Å²) in [5, 5.41) is 0. The molecule has 0 aromatic heterocycles. The molecule has 0 aromatic carbocycles. The average molecular weight is 817 g/mol. The van der Waals surface area contributed by atoms with Gasteiger partial charge in [-0.1, -0.05) is 180 Å². The summed E-state index contributed by atoms with van der Waals surface area (Å²) in [6.07, 6.45) is 41.1. The van der Waals surface area contributed by atoms with Crippen molar-refractivity contribution in [1.82, 2.24) is 0 Å². The Hall–Kier alpha value is -1.25. The van der Waals surface area contributed by atoms with Crippen molar-refractivity contribution >= 4 is 19.8 Å². The molecule has 0 amide bonds. The molecule has 0 radical (unpaired) electrons. The van der Waals surface area contributed by atoms with Crippen LogP contribution in [-0.2, 0) is 32.7 Å². The quantitative estimate of drug-likeness (QED) is 0.0213. The first-order valence-electron chi connectivity index (χ1n) is 23.4. The lowest BCUT2D eigenvalue weighted by molar-refractivity contribution is -0.870. The van der Waals surface area contributed by atoms with Gasteiger partial charge in [-0.15, -0.1) is 0 Å². The molecule has 332 valence electrons. The molecular weight excluding hydrogens is 725 g/mol. The van der Waals surface area contributed by atoms with Crippen LogP contribution in [0.1, 0.15) is 219 Å². The molecule has 0 saturated carbocycles. The molecule has 0 saturated heterocycles. The third-order valence-corrected chi connectivity index (χ3v) is 11.3. The number of carbonyl (C=O) groups excluding carboxylic acids is 2. The first kappa shape index (κ1) is 54.8. The number of phosphoric acid groups is 1. The van der Waals surface area contributed by atoms with Crippen LogP contribution in [0.4, 0.5) is 0 Å². The van der Waals surface area contributed by atoms with Gasteiger partial charge in [-0.2, -0.15) is 0 Å². The van der Waals surface area contributed by atoms with E-state index >= 15 is 0 Å². The van der Waals surface area contributed by atoms with Crippen LogP contribution >= 0.6 is 7.82 Å². The minimum atomic E-state index is -4.37. The first-order chi connectivity index (χ1) is 27.0. The second kappa shape index (κ2) is 39.2. The van der Waals surface area contributed by atoms with E-state index in [9.17, 15) is 19.0 Å². The van der Waals surface area contributed by atoms with E-state index < -0.39 is 26.5 Å². The number of phosphoric ester groups is 1. The van der Waals surface area contributed by atoms with Crippen molar-refractivity contribution in [2.24, 2.45) is 0 Å². The molecule has 0 aliphatic heterocycles. The number of allylic oxidation sites excluding steroid dienone is 2. The van der Waals surface area contributed by atoms with Gasteiger partial charge in [0.1, 0.15) is 19.8 Å². The molecule has 0 heterocycles. The predicted octanol–water partition coefficient (Wildman–Crippen LogP) is 13.4. The van der Waals surface area contributed by atoms with Gasteiger partial charge in [-0.3, -0.25) is 18.6 Å². The number of ether oxygens (including phenoxy) is 2. The summed E-state index contributed by atoms with van der Waals surface area (Å²) >= 11 is 0. The minimum absolute atomic E-state index is 0.0337. The zero-order chi connectivity index (χ0) is 41.4. The number of carbonyl (C=O) groups is 2. The molecule has 0 spiro atoms. The number of hydrogen-bond acceptors (Lipinski definition) is 7. The van der Waals surface area contributed by atoms with Gasteiger partial charge >= 0.3 is 19.8 Å². The Bertz CT molecular complexity index is 969. The van der Waals surface area contributed by atoms with Crippen molar-refractivity contribution in [2.45, 2.75) is 225 Å². The van der Waals surface area contributed by atoms with E-state index in [1.807, 2.05) is 21.1 Å². The topological polar surface area (TPSA) is 108 Å². The Labute approximate surface area is 346 Å². The van der Waals surface area contributed by atoms with Crippen LogP contribution in [0.25, 0.3) is 0 Å². The average Bonchev–Trinajstić information content (AvgIpc) is 3.15. The maximum absolute atomic E-state index is 12.7. The normalized spacial score (nSPS) is 13.6. The highest BCUT2D eigenvalue weighted by molar-refractivity contribution is 7.47. The number of nitrogens with zero attached hydrogens (tertiary/aromatic N) is 1. The summed E-state index contributed by atoms with van der Waals surface area (Å²) in [4.78, 5) is 35.4. The molecule has 0 aliphatic rings. The SMILES string of the molecule is CCCCCC/C=C\CCCCCCCC(=O)OC[C@H](COP(=O)(O)OCC[N+](C)(C)C)OC(=O)CCCCCCCCCCCCCCCCCCCCC. The lowest BCUT2D eigenvalue weighted by Gasteiger charge is -2.24. The molecular formula is C46H91NO8P+. The Morgan fingerprint density at radius 1 is 0.536 bits per heavy atom. The zero-order valence-electron chi connectivity index (χ0n) is 37.4. The van der Waals surface area contributed by atoms with Gasteiger partial charge < -0.3 is 18.9 Å². The number of rotatable bonds is 43. The number of esters is 2. The Morgan fingerprint density at radius 2 is 0.911 bits per heavy atom. The highest BCUT2D eigenvalue weighted by atomic mass is 31.2. The highest BCUT2D eigenvalue weighted by Crippen LogP contribution is 2.43. The van der Waals surface area contributed by atoms with Crippen LogP contribution in [-0.4, -0.2) is 74.9 Å².